The molecule has 2 aliphatic rings. The van der Waals surface area contributed by atoms with Crippen LogP contribution in [0.2, 0.25) is 0 Å². The van der Waals surface area contributed by atoms with E-state index in [0.717, 1.165) is 24.8 Å². The Hall–Kier alpha value is -3.14. The Morgan fingerprint density at radius 3 is 2.55 bits per heavy atom. The molecule has 1 fully saturated rings. The molecule has 2 amide bonds. The number of nitriles is 1. The quantitative estimate of drug-likeness (QED) is 0.747. The topological polar surface area (TPSA) is 99.5 Å². The van der Waals surface area contributed by atoms with Gasteiger partial charge in [0.15, 0.2) is 6.10 Å². The van der Waals surface area contributed by atoms with Gasteiger partial charge in [0.1, 0.15) is 5.54 Å². The zero-order valence-corrected chi connectivity index (χ0v) is 16.6. The van der Waals surface area contributed by atoms with Crippen molar-refractivity contribution < 1.29 is 19.1 Å². The highest BCUT2D eigenvalue weighted by Crippen LogP contribution is 2.31. The molecular formula is C22H25N3O4. The van der Waals surface area contributed by atoms with Gasteiger partial charge in [0.25, 0.3) is 11.8 Å². The maximum Gasteiger partial charge on any atom is 0.308 e. The van der Waals surface area contributed by atoms with Crippen molar-refractivity contribution in [2.45, 2.75) is 57.1 Å². The standard InChI is InChI=1S/C22H25N3O4/c1-15-17-8-4-5-9-18(17)21(28)25(15)13-10-19(26)29-16(2)20(27)24-22(14-23)11-6-3-7-12-22/h4-5,8-9,16H,1,3,6-7,10-13H2,2H3,(H,24,27). The number of hydrogen-bond donors (Lipinski definition) is 1. The number of esters is 1. The summed E-state index contributed by atoms with van der Waals surface area (Å²) < 4.78 is 5.22. The zero-order valence-electron chi connectivity index (χ0n) is 16.6. The molecule has 0 bridgehead atoms. The molecule has 1 atom stereocenters. The molecule has 0 saturated heterocycles. The number of nitrogens with zero attached hydrogens (tertiary/aromatic N) is 2. The van der Waals surface area contributed by atoms with Gasteiger partial charge in [-0.2, -0.15) is 5.26 Å². The van der Waals surface area contributed by atoms with Gasteiger partial charge in [0.05, 0.1) is 12.5 Å². The smallest absolute Gasteiger partial charge is 0.308 e. The van der Waals surface area contributed by atoms with Crippen molar-refractivity contribution in [3.63, 3.8) is 0 Å². The number of benzene rings is 1. The van der Waals surface area contributed by atoms with Crippen LogP contribution in [0.3, 0.4) is 0 Å². The van der Waals surface area contributed by atoms with Gasteiger partial charge in [-0.25, -0.2) is 0 Å². The highest BCUT2D eigenvalue weighted by Gasteiger charge is 2.36. The van der Waals surface area contributed by atoms with Crippen LogP contribution in [-0.4, -0.2) is 40.9 Å². The van der Waals surface area contributed by atoms with Crippen LogP contribution in [0.1, 0.15) is 61.4 Å². The first kappa shape index (κ1) is 20.6. The predicted octanol–water partition coefficient (Wildman–Crippen LogP) is 2.78. The van der Waals surface area contributed by atoms with Gasteiger partial charge in [0.2, 0.25) is 0 Å². The number of ether oxygens (including phenoxy) is 1. The maximum absolute atomic E-state index is 12.5. The lowest BCUT2D eigenvalue weighted by Gasteiger charge is -2.32. The Bertz CT molecular complexity index is 845. The van der Waals surface area contributed by atoms with Gasteiger partial charge in [-0.3, -0.25) is 14.4 Å². The zero-order chi connectivity index (χ0) is 21.0. The second-order valence-electron chi connectivity index (χ2n) is 7.57. The van der Waals surface area contributed by atoms with E-state index >= 15 is 0 Å². The minimum atomic E-state index is -1.01. The summed E-state index contributed by atoms with van der Waals surface area (Å²) in [6, 6.07) is 9.36. The molecule has 29 heavy (non-hydrogen) atoms. The molecule has 1 saturated carbocycles. The first-order chi connectivity index (χ1) is 13.9. The predicted molar refractivity (Wildman–Crippen MR) is 106 cm³/mol. The Labute approximate surface area is 170 Å². The minimum Gasteiger partial charge on any atom is -0.452 e. The lowest BCUT2D eigenvalue weighted by molar-refractivity contribution is -0.155. The summed E-state index contributed by atoms with van der Waals surface area (Å²) in [4.78, 5) is 38.5. The Kier molecular flexibility index (Phi) is 6.02. The number of carbonyl (C=O) groups excluding carboxylic acids is 3. The fraction of sp³-hybridized carbons (Fsp3) is 0.455. The number of rotatable bonds is 6. The fourth-order valence-electron chi connectivity index (χ4n) is 3.84. The molecule has 0 radical (unpaired) electrons. The van der Waals surface area contributed by atoms with Gasteiger partial charge in [0, 0.05) is 23.4 Å². The van der Waals surface area contributed by atoms with E-state index in [1.54, 1.807) is 12.1 Å². The molecule has 1 heterocycles. The number of hydrogen-bond acceptors (Lipinski definition) is 5. The van der Waals surface area contributed by atoms with Gasteiger partial charge in [-0.1, -0.05) is 44.0 Å². The second-order valence-corrected chi connectivity index (χ2v) is 7.57. The average Bonchev–Trinajstić information content (AvgIpc) is 2.97. The number of nitrogens with one attached hydrogen (secondary N) is 1. The van der Waals surface area contributed by atoms with Crippen molar-refractivity contribution >= 4 is 23.5 Å². The number of fused-ring (bicyclic) bond motifs is 1. The summed E-state index contributed by atoms with van der Waals surface area (Å²) in [6.07, 6.45) is 2.97. The first-order valence-electron chi connectivity index (χ1n) is 9.90. The highest BCUT2D eigenvalue weighted by molar-refractivity contribution is 6.08. The molecule has 7 heteroatoms. The van der Waals surface area contributed by atoms with Gasteiger partial charge in [-0.15, -0.1) is 0 Å². The average molecular weight is 395 g/mol. The number of carbonyl (C=O) groups is 3. The van der Waals surface area contributed by atoms with Crippen LogP contribution in [0.25, 0.3) is 5.70 Å². The Morgan fingerprint density at radius 2 is 1.93 bits per heavy atom. The summed E-state index contributed by atoms with van der Waals surface area (Å²) in [5, 5.41) is 12.2. The molecule has 1 aromatic carbocycles. The van der Waals surface area contributed by atoms with E-state index in [-0.39, 0.29) is 18.9 Å². The molecule has 1 N–H and O–H groups in total. The molecule has 0 aromatic heterocycles. The van der Waals surface area contributed by atoms with Crippen molar-refractivity contribution in [3.05, 3.63) is 42.0 Å². The third-order valence-corrected chi connectivity index (χ3v) is 5.54. The first-order valence-corrected chi connectivity index (χ1v) is 9.90. The van der Waals surface area contributed by atoms with Crippen molar-refractivity contribution in [1.82, 2.24) is 10.2 Å². The van der Waals surface area contributed by atoms with E-state index in [4.69, 9.17) is 4.74 Å². The lowest BCUT2D eigenvalue weighted by Crippen LogP contribution is -2.52. The molecule has 152 valence electrons. The lowest BCUT2D eigenvalue weighted by atomic mass is 9.83. The van der Waals surface area contributed by atoms with Gasteiger partial charge >= 0.3 is 5.97 Å². The van der Waals surface area contributed by atoms with Gasteiger partial charge in [-0.05, 0) is 25.8 Å². The van der Waals surface area contributed by atoms with Crippen LogP contribution in [0.15, 0.2) is 30.8 Å². The van der Waals surface area contributed by atoms with Crippen molar-refractivity contribution in [1.29, 1.82) is 5.26 Å². The molecule has 1 aliphatic carbocycles. The van der Waals surface area contributed by atoms with Crippen LogP contribution in [-0.2, 0) is 14.3 Å². The summed E-state index contributed by atoms with van der Waals surface area (Å²) in [6.45, 7) is 5.54. The summed E-state index contributed by atoms with van der Waals surface area (Å²) in [7, 11) is 0. The minimum absolute atomic E-state index is 0.0558. The van der Waals surface area contributed by atoms with Crippen LogP contribution in [0.5, 0.6) is 0 Å². The third-order valence-electron chi connectivity index (χ3n) is 5.54. The van der Waals surface area contributed by atoms with Crippen molar-refractivity contribution in [2.75, 3.05) is 6.54 Å². The van der Waals surface area contributed by atoms with E-state index < -0.39 is 23.5 Å². The van der Waals surface area contributed by atoms with Crippen LogP contribution < -0.4 is 5.32 Å². The molecule has 1 aliphatic heterocycles. The normalized spacial score (nSPS) is 18.6. The SMILES string of the molecule is C=C1c2ccccc2C(=O)N1CCC(=O)OC(C)C(=O)NC1(C#N)CCCCC1. The monoisotopic (exact) mass is 395 g/mol. The third kappa shape index (κ3) is 4.32. The molecule has 7 nitrogen and oxygen atoms in total. The molecule has 1 aromatic rings. The molecule has 3 rings (SSSR count). The fourth-order valence-corrected chi connectivity index (χ4v) is 3.84. The largest absolute Gasteiger partial charge is 0.452 e. The van der Waals surface area contributed by atoms with Crippen LogP contribution in [0.4, 0.5) is 0 Å². The van der Waals surface area contributed by atoms with E-state index in [2.05, 4.69) is 18.0 Å². The maximum atomic E-state index is 12.5. The van der Waals surface area contributed by atoms with E-state index in [9.17, 15) is 19.6 Å². The number of amides is 2. The molecule has 0 spiro atoms. The highest BCUT2D eigenvalue weighted by atomic mass is 16.5. The van der Waals surface area contributed by atoms with Crippen molar-refractivity contribution in [2.24, 2.45) is 0 Å². The molecular weight excluding hydrogens is 370 g/mol. The summed E-state index contributed by atoms with van der Waals surface area (Å²) in [5.41, 5.74) is 1.000. The summed E-state index contributed by atoms with van der Waals surface area (Å²) >= 11 is 0. The van der Waals surface area contributed by atoms with Crippen LogP contribution >= 0.6 is 0 Å². The Morgan fingerprint density at radius 1 is 1.28 bits per heavy atom. The van der Waals surface area contributed by atoms with Crippen LogP contribution in [0, 0.1) is 11.3 Å². The van der Waals surface area contributed by atoms with E-state index in [0.29, 0.717) is 24.1 Å². The Balaban J connectivity index is 1.51. The van der Waals surface area contributed by atoms with E-state index in [1.807, 2.05) is 12.1 Å². The van der Waals surface area contributed by atoms with Gasteiger partial charge < -0.3 is 15.0 Å². The second kappa shape index (κ2) is 8.48. The van der Waals surface area contributed by atoms with Crippen molar-refractivity contribution in [3.8, 4) is 6.07 Å². The van der Waals surface area contributed by atoms with E-state index in [1.165, 1.54) is 11.8 Å². The molecule has 1 unspecified atom stereocenters. The summed E-state index contributed by atoms with van der Waals surface area (Å²) in [5.74, 6) is -1.26.